The minimum Gasteiger partial charge on any atom is -0.367 e. The van der Waals surface area contributed by atoms with E-state index in [-0.39, 0.29) is 30.5 Å². The van der Waals surface area contributed by atoms with Crippen LogP contribution in [0.2, 0.25) is 0 Å². The predicted octanol–water partition coefficient (Wildman–Crippen LogP) is 0.381. The van der Waals surface area contributed by atoms with Gasteiger partial charge in [-0.1, -0.05) is 6.07 Å². The Balaban J connectivity index is 1.69. The SMILES string of the molecule is CC1NC(=O)CCC1NC(=O)COCc1cccnc1. The summed E-state index contributed by atoms with van der Waals surface area (Å²) in [6.07, 6.45) is 4.51. The number of carbonyl (C=O) groups excluding carboxylic acids is 2. The molecule has 108 valence electrons. The molecule has 1 aromatic heterocycles. The van der Waals surface area contributed by atoms with E-state index in [1.165, 1.54) is 0 Å². The molecule has 0 aliphatic carbocycles. The molecule has 1 fully saturated rings. The second kappa shape index (κ2) is 7.00. The third kappa shape index (κ3) is 4.31. The first kappa shape index (κ1) is 14.5. The molecule has 1 aliphatic heterocycles. The summed E-state index contributed by atoms with van der Waals surface area (Å²) in [5.41, 5.74) is 0.929. The van der Waals surface area contributed by atoms with E-state index in [0.717, 1.165) is 5.56 Å². The predicted molar refractivity (Wildman–Crippen MR) is 72.7 cm³/mol. The molecule has 2 rings (SSSR count). The lowest BCUT2D eigenvalue weighted by atomic mass is 9.99. The van der Waals surface area contributed by atoms with Crippen LogP contribution in [0.4, 0.5) is 0 Å². The van der Waals surface area contributed by atoms with E-state index in [1.54, 1.807) is 12.4 Å². The van der Waals surface area contributed by atoms with Crippen LogP contribution in [0.1, 0.15) is 25.3 Å². The van der Waals surface area contributed by atoms with Gasteiger partial charge in [-0.2, -0.15) is 0 Å². The number of piperidine rings is 1. The third-order valence-corrected chi connectivity index (χ3v) is 3.25. The number of rotatable bonds is 5. The number of ether oxygens (including phenoxy) is 1. The minimum absolute atomic E-state index is 0.00601. The Morgan fingerprint density at radius 1 is 1.60 bits per heavy atom. The van der Waals surface area contributed by atoms with Crippen LogP contribution >= 0.6 is 0 Å². The summed E-state index contributed by atoms with van der Waals surface area (Å²) in [6.45, 7) is 2.25. The van der Waals surface area contributed by atoms with E-state index in [1.807, 2.05) is 19.1 Å². The molecule has 0 saturated carbocycles. The van der Waals surface area contributed by atoms with Crippen molar-refractivity contribution in [1.29, 1.82) is 0 Å². The van der Waals surface area contributed by atoms with Gasteiger partial charge < -0.3 is 15.4 Å². The fourth-order valence-electron chi connectivity index (χ4n) is 2.15. The standard InChI is InChI=1S/C14H19N3O3/c1-10-12(4-5-13(18)16-10)17-14(19)9-20-8-11-3-2-6-15-7-11/h2-3,6-7,10,12H,4-5,8-9H2,1H3,(H,16,18)(H,17,19). The number of nitrogens with zero attached hydrogens (tertiary/aromatic N) is 1. The van der Waals surface area contributed by atoms with Crippen molar-refractivity contribution in [3.63, 3.8) is 0 Å². The van der Waals surface area contributed by atoms with Gasteiger partial charge in [0.05, 0.1) is 6.61 Å². The number of aromatic nitrogens is 1. The van der Waals surface area contributed by atoms with Crippen LogP contribution in [-0.2, 0) is 20.9 Å². The fraction of sp³-hybridized carbons (Fsp3) is 0.500. The highest BCUT2D eigenvalue weighted by Crippen LogP contribution is 2.09. The van der Waals surface area contributed by atoms with Gasteiger partial charge in [-0.25, -0.2) is 0 Å². The minimum atomic E-state index is -0.165. The van der Waals surface area contributed by atoms with E-state index in [9.17, 15) is 9.59 Å². The second-order valence-corrected chi connectivity index (χ2v) is 4.92. The molecule has 2 atom stereocenters. The zero-order valence-electron chi connectivity index (χ0n) is 11.5. The zero-order chi connectivity index (χ0) is 14.4. The van der Waals surface area contributed by atoms with Gasteiger partial charge in [0.1, 0.15) is 6.61 Å². The van der Waals surface area contributed by atoms with Crippen LogP contribution in [0.25, 0.3) is 0 Å². The van der Waals surface area contributed by atoms with Crippen molar-refractivity contribution in [2.45, 2.75) is 38.5 Å². The summed E-state index contributed by atoms with van der Waals surface area (Å²) < 4.78 is 5.34. The van der Waals surface area contributed by atoms with Gasteiger partial charge >= 0.3 is 0 Å². The Labute approximate surface area is 117 Å². The van der Waals surface area contributed by atoms with E-state index < -0.39 is 0 Å². The molecular weight excluding hydrogens is 258 g/mol. The lowest BCUT2D eigenvalue weighted by Crippen LogP contribution is -2.54. The summed E-state index contributed by atoms with van der Waals surface area (Å²) in [4.78, 5) is 26.9. The molecule has 0 spiro atoms. The molecule has 6 nitrogen and oxygen atoms in total. The summed E-state index contributed by atoms with van der Waals surface area (Å²) in [5.74, 6) is -0.127. The van der Waals surface area contributed by atoms with Crippen LogP contribution < -0.4 is 10.6 Å². The van der Waals surface area contributed by atoms with Gasteiger partial charge in [-0.3, -0.25) is 14.6 Å². The maximum atomic E-state index is 11.8. The van der Waals surface area contributed by atoms with E-state index in [4.69, 9.17) is 4.74 Å². The summed E-state index contributed by atoms with van der Waals surface area (Å²) in [7, 11) is 0. The highest BCUT2D eigenvalue weighted by molar-refractivity contribution is 5.80. The largest absolute Gasteiger partial charge is 0.367 e. The van der Waals surface area contributed by atoms with Crippen molar-refractivity contribution >= 4 is 11.8 Å². The number of nitrogens with one attached hydrogen (secondary N) is 2. The van der Waals surface area contributed by atoms with Crippen LogP contribution in [0, 0.1) is 0 Å². The molecule has 1 saturated heterocycles. The average molecular weight is 277 g/mol. The molecular formula is C14H19N3O3. The number of hydrogen-bond donors (Lipinski definition) is 2. The molecule has 2 heterocycles. The van der Waals surface area contributed by atoms with E-state index in [2.05, 4.69) is 15.6 Å². The van der Waals surface area contributed by atoms with Crippen molar-refractivity contribution in [3.05, 3.63) is 30.1 Å². The van der Waals surface area contributed by atoms with Gasteiger partial charge in [0.15, 0.2) is 0 Å². The monoisotopic (exact) mass is 277 g/mol. The van der Waals surface area contributed by atoms with E-state index in [0.29, 0.717) is 19.4 Å². The molecule has 20 heavy (non-hydrogen) atoms. The summed E-state index contributed by atoms with van der Waals surface area (Å²) in [6, 6.07) is 3.65. The van der Waals surface area contributed by atoms with Crippen molar-refractivity contribution in [2.75, 3.05) is 6.61 Å². The normalized spacial score (nSPS) is 22.1. The summed E-state index contributed by atoms with van der Waals surface area (Å²) >= 11 is 0. The zero-order valence-corrected chi connectivity index (χ0v) is 11.5. The highest BCUT2D eigenvalue weighted by atomic mass is 16.5. The van der Waals surface area contributed by atoms with Crippen LogP contribution in [0.3, 0.4) is 0 Å². The highest BCUT2D eigenvalue weighted by Gasteiger charge is 2.26. The molecule has 1 aromatic rings. The number of amides is 2. The third-order valence-electron chi connectivity index (χ3n) is 3.25. The van der Waals surface area contributed by atoms with Crippen LogP contribution in [0.5, 0.6) is 0 Å². The first-order chi connectivity index (χ1) is 9.65. The van der Waals surface area contributed by atoms with Gasteiger partial charge in [0, 0.05) is 30.9 Å². The Hall–Kier alpha value is -1.95. The van der Waals surface area contributed by atoms with Crippen molar-refractivity contribution in [1.82, 2.24) is 15.6 Å². The first-order valence-corrected chi connectivity index (χ1v) is 6.70. The van der Waals surface area contributed by atoms with Gasteiger partial charge in [0.25, 0.3) is 0 Å². The van der Waals surface area contributed by atoms with Gasteiger partial charge in [0.2, 0.25) is 11.8 Å². The maximum absolute atomic E-state index is 11.8. The number of carbonyl (C=O) groups is 2. The molecule has 2 unspecified atom stereocenters. The Morgan fingerprint density at radius 3 is 3.15 bits per heavy atom. The first-order valence-electron chi connectivity index (χ1n) is 6.70. The number of hydrogen-bond acceptors (Lipinski definition) is 4. The number of pyridine rings is 1. The van der Waals surface area contributed by atoms with Crippen molar-refractivity contribution < 1.29 is 14.3 Å². The Bertz CT molecular complexity index is 464. The van der Waals surface area contributed by atoms with E-state index >= 15 is 0 Å². The van der Waals surface area contributed by atoms with Crippen molar-refractivity contribution in [3.8, 4) is 0 Å². The molecule has 2 N–H and O–H groups in total. The Kier molecular flexibility index (Phi) is 5.06. The average Bonchev–Trinajstić information content (AvgIpc) is 2.43. The maximum Gasteiger partial charge on any atom is 0.246 e. The topological polar surface area (TPSA) is 80.3 Å². The van der Waals surface area contributed by atoms with Gasteiger partial charge in [-0.15, -0.1) is 0 Å². The Morgan fingerprint density at radius 2 is 2.45 bits per heavy atom. The smallest absolute Gasteiger partial charge is 0.246 e. The summed E-state index contributed by atoms with van der Waals surface area (Å²) in [5, 5.41) is 5.70. The lowest BCUT2D eigenvalue weighted by molar-refractivity contribution is -0.129. The van der Waals surface area contributed by atoms with Crippen LogP contribution in [0.15, 0.2) is 24.5 Å². The van der Waals surface area contributed by atoms with Gasteiger partial charge in [-0.05, 0) is 25.0 Å². The fourth-order valence-corrected chi connectivity index (χ4v) is 2.15. The molecule has 0 bridgehead atoms. The molecule has 0 aromatic carbocycles. The molecule has 2 amide bonds. The molecule has 1 aliphatic rings. The molecule has 6 heteroatoms. The van der Waals surface area contributed by atoms with Crippen LogP contribution in [-0.4, -0.2) is 35.5 Å². The molecule has 0 radical (unpaired) electrons. The lowest BCUT2D eigenvalue weighted by Gasteiger charge is -2.30. The quantitative estimate of drug-likeness (QED) is 0.815. The second-order valence-electron chi connectivity index (χ2n) is 4.92. The van der Waals surface area contributed by atoms with Crippen molar-refractivity contribution in [2.24, 2.45) is 0 Å².